The first-order chi connectivity index (χ1) is 6.31. The van der Waals surface area contributed by atoms with Crippen molar-refractivity contribution < 1.29 is 0 Å². The topological polar surface area (TPSA) is 56.9 Å². The highest BCUT2D eigenvalue weighted by atomic mass is 15.4. The van der Waals surface area contributed by atoms with Gasteiger partial charge in [0.25, 0.3) is 0 Å². The molecule has 0 aromatic rings. The van der Waals surface area contributed by atoms with E-state index in [1.807, 2.05) is 0 Å². The third kappa shape index (κ3) is 2.57. The number of likely N-dealkylation sites (N-methyl/N-ethyl adjacent to an activating group) is 1. The van der Waals surface area contributed by atoms with Gasteiger partial charge in [-0.2, -0.15) is 0 Å². The average molecular weight is 185 g/mol. The Kier molecular flexibility index (Phi) is 3.98. The van der Waals surface area contributed by atoms with Crippen molar-refractivity contribution in [2.45, 2.75) is 6.92 Å². The Morgan fingerprint density at radius 1 is 1.38 bits per heavy atom. The highest BCUT2D eigenvalue weighted by molar-refractivity contribution is 5.79. The number of nitrogens with two attached hydrogens (primary N) is 1. The Hall–Kier alpha value is -0.810. The lowest BCUT2D eigenvalue weighted by atomic mass is 10.3. The molecule has 1 aliphatic heterocycles. The number of hydrazine groups is 1. The zero-order valence-electron chi connectivity index (χ0n) is 8.45. The number of piperazine rings is 1. The Morgan fingerprint density at radius 2 is 2.00 bits per heavy atom. The summed E-state index contributed by atoms with van der Waals surface area (Å²) >= 11 is 0. The number of rotatable bonds is 1. The molecule has 0 amide bonds. The fourth-order valence-corrected chi connectivity index (χ4v) is 1.57. The van der Waals surface area contributed by atoms with Crippen LogP contribution in [0.1, 0.15) is 6.92 Å². The van der Waals surface area contributed by atoms with Crippen LogP contribution in [0.2, 0.25) is 0 Å². The fourth-order valence-electron chi connectivity index (χ4n) is 1.57. The van der Waals surface area contributed by atoms with E-state index in [4.69, 9.17) is 5.84 Å². The van der Waals surface area contributed by atoms with Gasteiger partial charge < -0.3 is 9.80 Å². The third-order valence-electron chi connectivity index (χ3n) is 2.46. The van der Waals surface area contributed by atoms with E-state index in [1.165, 1.54) is 0 Å². The predicted molar refractivity (Wildman–Crippen MR) is 54.4 cm³/mol. The van der Waals surface area contributed by atoms with E-state index in [0.29, 0.717) is 0 Å². The molecule has 1 fully saturated rings. The zero-order chi connectivity index (χ0) is 9.68. The number of hydrogen-bond donors (Lipinski definition) is 2. The summed E-state index contributed by atoms with van der Waals surface area (Å²) in [5, 5.41) is 0. The maximum atomic E-state index is 5.35. The van der Waals surface area contributed by atoms with E-state index in [1.54, 1.807) is 7.05 Å². The smallest absolute Gasteiger partial charge is 0.208 e. The number of guanidine groups is 1. The number of hydrogen-bond acceptors (Lipinski definition) is 3. The third-order valence-corrected chi connectivity index (χ3v) is 2.46. The van der Waals surface area contributed by atoms with Crippen molar-refractivity contribution in [3.05, 3.63) is 0 Å². The molecule has 3 N–H and O–H groups in total. The predicted octanol–water partition coefficient (Wildman–Crippen LogP) is -0.927. The van der Waals surface area contributed by atoms with Crippen LogP contribution < -0.4 is 11.3 Å². The standard InChI is InChI=1S/C8H19N5/c1-3-12-4-6-13(7-5-12)8(10-2)11-9/h3-7,9H2,1-2H3,(H,10,11). The van der Waals surface area contributed by atoms with E-state index < -0.39 is 0 Å². The molecule has 0 unspecified atom stereocenters. The van der Waals surface area contributed by atoms with E-state index >= 15 is 0 Å². The van der Waals surface area contributed by atoms with Gasteiger partial charge in [0.2, 0.25) is 5.96 Å². The van der Waals surface area contributed by atoms with Crippen molar-refractivity contribution in [2.24, 2.45) is 10.8 Å². The maximum absolute atomic E-state index is 5.35. The molecule has 1 rings (SSSR count). The molecule has 0 aromatic carbocycles. The summed E-state index contributed by atoms with van der Waals surface area (Å²) in [6.07, 6.45) is 0. The molecular weight excluding hydrogens is 166 g/mol. The van der Waals surface area contributed by atoms with E-state index in [-0.39, 0.29) is 0 Å². The Labute approximate surface area is 79.6 Å². The molecule has 0 bridgehead atoms. The quantitative estimate of drug-likeness (QED) is 0.240. The van der Waals surface area contributed by atoms with Crippen LogP contribution in [0.15, 0.2) is 4.99 Å². The Balaban J connectivity index is 2.40. The minimum Gasteiger partial charge on any atom is -0.339 e. The van der Waals surface area contributed by atoms with Crippen LogP contribution in [-0.2, 0) is 0 Å². The highest BCUT2D eigenvalue weighted by Crippen LogP contribution is 2.00. The van der Waals surface area contributed by atoms with Crippen LogP contribution in [0, 0.1) is 0 Å². The van der Waals surface area contributed by atoms with Gasteiger partial charge in [-0.15, -0.1) is 0 Å². The molecule has 1 aliphatic rings. The molecule has 0 aromatic heterocycles. The van der Waals surface area contributed by atoms with E-state index in [2.05, 4.69) is 27.1 Å². The molecule has 5 nitrogen and oxygen atoms in total. The Bertz CT molecular complexity index is 171. The summed E-state index contributed by atoms with van der Waals surface area (Å²) in [6.45, 7) is 7.51. The summed E-state index contributed by atoms with van der Waals surface area (Å²) < 4.78 is 0. The van der Waals surface area contributed by atoms with Crippen LogP contribution in [-0.4, -0.2) is 55.5 Å². The number of aliphatic imine (C=N–C) groups is 1. The highest BCUT2D eigenvalue weighted by Gasteiger charge is 2.17. The molecule has 5 heteroatoms. The van der Waals surface area contributed by atoms with E-state index in [9.17, 15) is 0 Å². The summed E-state index contributed by atoms with van der Waals surface area (Å²) in [4.78, 5) is 8.66. The van der Waals surface area contributed by atoms with Gasteiger partial charge in [0.15, 0.2) is 0 Å². The summed E-state index contributed by atoms with van der Waals surface area (Å²) in [5.41, 5.74) is 2.61. The normalized spacial score (nSPS) is 20.5. The van der Waals surface area contributed by atoms with Crippen molar-refractivity contribution in [1.29, 1.82) is 0 Å². The van der Waals surface area contributed by atoms with Crippen molar-refractivity contribution in [2.75, 3.05) is 39.8 Å². The average Bonchev–Trinajstić information content (AvgIpc) is 2.21. The first-order valence-corrected chi connectivity index (χ1v) is 4.72. The summed E-state index contributed by atoms with van der Waals surface area (Å²) in [6, 6.07) is 0. The molecule has 1 heterocycles. The van der Waals surface area contributed by atoms with Gasteiger partial charge in [0, 0.05) is 33.2 Å². The first kappa shape index (κ1) is 10.3. The van der Waals surface area contributed by atoms with Gasteiger partial charge in [0.05, 0.1) is 0 Å². The van der Waals surface area contributed by atoms with Crippen LogP contribution in [0.4, 0.5) is 0 Å². The fraction of sp³-hybridized carbons (Fsp3) is 0.875. The lowest BCUT2D eigenvalue weighted by Gasteiger charge is -2.35. The summed E-state index contributed by atoms with van der Waals surface area (Å²) in [7, 11) is 1.75. The van der Waals surface area contributed by atoms with Crippen molar-refractivity contribution in [3.8, 4) is 0 Å². The second kappa shape index (κ2) is 5.04. The zero-order valence-corrected chi connectivity index (χ0v) is 8.45. The Morgan fingerprint density at radius 3 is 2.38 bits per heavy atom. The van der Waals surface area contributed by atoms with Crippen molar-refractivity contribution in [1.82, 2.24) is 15.2 Å². The first-order valence-electron chi connectivity index (χ1n) is 4.72. The molecular formula is C8H19N5. The SMILES string of the molecule is CCN1CCN(C(=NC)NN)CC1. The lowest BCUT2D eigenvalue weighted by molar-refractivity contribution is 0.186. The van der Waals surface area contributed by atoms with Crippen molar-refractivity contribution >= 4 is 5.96 Å². The van der Waals surface area contributed by atoms with Gasteiger partial charge in [0.1, 0.15) is 0 Å². The molecule has 13 heavy (non-hydrogen) atoms. The second-order valence-corrected chi connectivity index (χ2v) is 3.11. The minimum atomic E-state index is 0.788. The maximum Gasteiger partial charge on any atom is 0.208 e. The molecule has 0 atom stereocenters. The molecule has 76 valence electrons. The summed E-state index contributed by atoms with van der Waals surface area (Å²) in [5.74, 6) is 6.13. The van der Waals surface area contributed by atoms with Crippen LogP contribution >= 0.6 is 0 Å². The molecule has 0 saturated carbocycles. The van der Waals surface area contributed by atoms with Crippen LogP contribution in [0.25, 0.3) is 0 Å². The largest absolute Gasteiger partial charge is 0.339 e. The van der Waals surface area contributed by atoms with Gasteiger partial charge >= 0.3 is 0 Å². The van der Waals surface area contributed by atoms with E-state index in [0.717, 1.165) is 38.7 Å². The van der Waals surface area contributed by atoms with Gasteiger partial charge in [-0.3, -0.25) is 10.4 Å². The minimum absolute atomic E-state index is 0.788. The number of nitrogens with one attached hydrogen (secondary N) is 1. The second-order valence-electron chi connectivity index (χ2n) is 3.11. The van der Waals surface area contributed by atoms with Gasteiger partial charge in [-0.25, -0.2) is 5.84 Å². The van der Waals surface area contributed by atoms with Crippen LogP contribution in [0.3, 0.4) is 0 Å². The van der Waals surface area contributed by atoms with Crippen LogP contribution in [0.5, 0.6) is 0 Å². The number of nitrogens with zero attached hydrogens (tertiary/aromatic N) is 3. The van der Waals surface area contributed by atoms with Gasteiger partial charge in [-0.05, 0) is 6.54 Å². The molecule has 0 aliphatic carbocycles. The van der Waals surface area contributed by atoms with Crippen molar-refractivity contribution in [3.63, 3.8) is 0 Å². The molecule has 1 saturated heterocycles. The molecule has 0 radical (unpaired) electrons. The molecule has 0 spiro atoms. The lowest BCUT2D eigenvalue weighted by Crippen LogP contribution is -2.53. The van der Waals surface area contributed by atoms with Gasteiger partial charge in [-0.1, -0.05) is 6.92 Å². The monoisotopic (exact) mass is 185 g/mol.